The first-order valence-electron chi connectivity index (χ1n) is 11.3. The fraction of sp³-hybridized carbons (Fsp3) is 0.192. The van der Waals surface area contributed by atoms with Crippen LogP contribution in [0, 0.1) is 24.2 Å². The van der Waals surface area contributed by atoms with Gasteiger partial charge in [-0.2, -0.15) is 13.2 Å². The molecule has 0 aliphatic carbocycles. The first-order chi connectivity index (χ1) is 18.0. The lowest BCUT2D eigenvalue weighted by Crippen LogP contribution is -2.24. The molecule has 0 bridgehead atoms. The Morgan fingerprint density at radius 3 is 2.53 bits per heavy atom. The number of hydrogen-bond donors (Lipinski definition) is 3. The molecule has 2 heterocycles. The Morgan fingerprint density at radius 1 is 1.16 bits per heavy atom. The van der Waals surface area contributed by atoms with Crippen molar-refractivity contribution < 1.29 is 22.8 Å². The van der Waals surface area contributed by atoms with Gasteiger partial charge in [0.25, 0.3) is 5.91 Å². The number of carbonyl (C=O) groups excluding carboxylic acids is 2. The van der Waals surface area contributed by atoms with Crippen molar-refractivity contribution in [1.29, 1.82) is 5.41 Å². The normalized spacial score (nSPS) is 13.2. The average molecular weight is 539 g/mol. The summed E-state index contributed by atoms with van der Waals surface area (Å²) in [5, 5.41) is 9.95. The maximum absolute atomic E-state index is 13.5. The molecule has 0 unspecified atom stereocenters. The Labute approximate surface area is 220 Å². The van der Waals surface area contributed by atoms with Gasteiger partial charge in [0, 0.05) is 47.9 Å². The molecule has 0 spiro atoms. The Bertz CT molecular complexity index is 1480. The lowest BCUT2D eigenvalue weighted by atomic mass is 10.0. The molecule has 38 heavy (non-hydrogen) atoms. The number of nitrogens with one attached hydrogen (secondary N) is 2. The zero-order valence-corrected chi connectivity index (χ0v) is 20.8. The van der Waals surface area contributed by atoms with E-state index in [1.54, 1.807) is 19.1 Å². The number of amides is 2. The van der Waals surface area contributed by atoms with Crippen LogP contribution in [0.1, 0.15) is 45.5 Å². The molecule has 2 aromatic carbocycles. The second-order valence-corrected chi connectivity index (χ2v) is 9.38. The van der Waals surface area contributed by atoms with Crippen molar-refractivity contribution in [1.82, 2.24) is 9.97 Å². The monoisotopic (exact) mass is 538 g/mol. The number of hydrogen-bond acceptors (Lipinski definition) is 6. The fourth-order valence-corrected chi connectivity index (χ4v) is 4.10. The zero-order valence-electron chi connectivity index (χ0n) is 20.0. The number of alkyl halides is 3. The molecule has 4 rings (SSSR count). The second-order valence-electron chi connectivity index (χ2n) is 8.37. The number of rotatable bonds is 4. The number of nitrogens with zero attached hydrogens (tertiary/aromatic N) is 3. The van der Waals surface area contributed by atoms with E-state index in [-0.39, 0.29) is 34.4 Å². The molecule has 2 amide bonds. The number of aromatic nitrogens is 2. The van der Waals surface area contributed by atoms with Gasteiger partial charge >= 0.3 is 6.18 Å². The molecule has 4 N–H and O–H groups in total. The van der Waals surface area contributed by atoms with Crippen LogP contribution in [0.25, 0.3) is 0 Å². The van der Waals surface area contributed by atoms with Crippen LogP contribution in [0.5, 0.6) is 0 Å². The second kappa shape index (κ2) is 10.9. The summed E-state index contributed by atoms with van der Waals surface area (Å²) in [6, 6.07) is 7.88. The highest BCUT2D eigenvalue weighted by Gasteiger charge is 2.33. The zero-order chi connectivity index (χ0) is 27.4. The number of nitrogens with two attached hydrogens (primary N) is 1. The van der Waals surface area contributed by atoms with Gasteiger partial charge in [0.1, 0.15) is 0 Å². The first kappa shape index (κ1) is 26.7. The summed E-state index contributed by atoms with van der Waals surface area (Å²) in [6.07, 6.45) is -0.880. The van der Waals surface area contributed by atoms with Crippen LogP contribution >= 0.6 is 11.8 Å². The van der Waals surface area contributed by atoms with Crippen molar-refractivity contribution in [2.45, 2.75) is 31.1 Å². The fourth-order valence-electron chi connectivity index (χ4n) is 3.70. The summed E-state index contributed by atoms with van der Waals surface area (Å²) >= 11 is 0.905. The maximum Gasteiger partial charge on any atom is 0.416 e. The van der Waals surface area contributed by atoms with Crippen molar-refractivity contribution in [2.24, 2.45) is 5.73 Å². The van der Waals surface area contributed by atoms with Crippen molar-refractivity contribution in [3.05, 3.63) is 76.6 Å². The van der Waals surface area contributed by atoms with E-state index in [9.17, 15) is 22.8 Å². The Balaban J connectivity index is 1.57. The number of thioether (sulfide) groups is 1. The number of halogens is 3. The van der Waals surface area contributed by atoms with E-state index < -0.39 is 17.6 Å². The molecule has 1 fully saturated rings. The predicted octanol–water partition coefficient (Wildman–Crippen LogP) is 4.57. The van der Waals surface area contributed by atoms with E-state index in [4.69, 9.17) is 11.1 Å². The highest BCUT2D eigenvalue weighted by molar-refractivity contribution is 8.13. The van der Waals surface area contributed by atoms with Crippen LogP contribution in [-0.4, -0.2) is 33.5 Å². The van der Waals surface area contributed by atoms with E-state index >= 15 is 0 Å². The topological polar surface area (TPSA) is 125 Å². The molecule has 1 aromatic heterocycles. The Hall–Kier alpha value is -4.37. The third-order valence-electron chi connectivity index (χ3n) is 5.56. The molecule has 0 radical (unpaired) electrons. The Morgan fingerprint density at radius 2 is 1.89 bits per heavy atom. The Kier molecular flexibility index (Phi) is 7.68. The number of amidine groups is 1. The molecule has 1 aliphatic rings. The summed E-state index contributed by atoms with van der Waals surface area (Å²) in [7, 11) is 0. The van der Waals surface area contributed by atoms with Crippen molar-refractivity contribution in [2.75, 3.05) is 16.8 Å². The molecule has 0 saturated carbocycles. The first-order valence-corrected chi connectivity index (χ1v) is 12.1. The summed E-state index contributed by atoms with van der Waals surface area (Å²) in [5.41, 5.74) is 6.37. The van der Waals surface area contributed by atoms with Gasteiger partial charge in [0.05, 0.1) is 11.1 Å². The lowest BCUT2D eigenvalue weighted by Gasteiger charge is -2.19. The number of anilines is 2. The van der Waals surface area contributed by atoms with E-state index in [0.29, 0.717) is 29.2 Å². The van der Waals surface area contributed by atoms with Crippen LogP contribution in [0.4, 0.5) is 24.5 Å². The van der Waals surface area contributed by atoms with Crippen LogP contribution < -0.4 is 16.0 Å². The van der Waals surface area contributed by atoms with Crippen LogP contribution in [0.15, 0.2) is 53.9 Å². The van der Waals surface area contributed by atoms with Gasteiger partial charge in [-0.15, -0.1) is 0 Å². The number of aryl methyl sites for hydroxylation is 1. The largest absolute Gasteiger partial charge is 0.416 e. The highest BCUT2D eigenvalue weighted by atomic mass is 32.2. The van der Waals surface area contributed by atoms with Gasteiger partial charge in [-0.25, -0.2) is 9.97 Å². The number of benzene rings is 2. The van der Waals surface area contributed by atoms with Crippen LogP contribution in [-0.2, 0) is 11.0 Å². The highest BCUT2D eigenvalue weighted by Crippen LogP contribution is 2.35. The van der Waals surface area contributed by atoms with E-state index in [1.807, 2.05) is 0 Å². The summed E-state index contributed by atoms with van der Waals surface area (Å²) < 4.78 is 40.6. The molecular weight excluding hydrogens is 517 g/mol. The molecule has 12 heteroatoms. The molecular formula is C26H21F3N6O2S. The standard InChI is InChI=1S/C26H21F3N6O2S/c1-15-4-6-18(9-17(15)7-5-16-13-32-25(33-14-16)38-24(30)31)23(37)34-20-10-19(26(27,28)29)11-21(12-20)35-8-2-3-22(35)36/h4,6,9-14H,2-3,8H2,1H3,(H3,30,31)(H,34,37). The SMILES string of the molecule is Cc1ccc(C(=O)Nc2cc(N3CCCC3=O)cc(C(F)(F)F)c2)cc1C#Cc1cnc(SC(=N)N)nc1. The van der Waals surface area contributed by atoms with Gasteiger partial charge in [0.15, 0.2) is 10.3 Å². The van der Waals surface area contributed by atoms with E-state index in [1.165, 1.54) is 29.4 Å². The summed E-state index contributed by atoms with van der Waals surface area (Å²) in [4.78, 5) is 34.5. The van der Waals surface area contributed by atoms with Crippen molar-refractivity contribution >= 4 is 40.1 Å². The minimum Gasteiger partial charge on any atom is -0.378 e. The van der Waals surface area contributed by atoms with Crippen molar-refractivity contribution in [3.63, 3.8) is 0 Å². The van der Waals surface area contributed by atoms with Gasteiger partial charge in [-0.1, -0.05) is 17.9 Å². The lowest BCUT2D eigenvalue weighted by molar-refractivity contribution is -0.137. The number of carbonyl (C=O) groups is 2. The maximum atomic E-state index is 13.5. The van der Waals surface area contributed by atoms with Gasteiger partial charge < -0.3 is 16.0 Å². The molecule has 1 saturated heterocycles. The quantitative estimate of drug-likeness (QED) is 0.147. The smallest absolute Gasteiger partial charge is 0.378 e. The minimum absolute atomic E-state index is 0.0756. The summed E-state index contributed by atoms with van der Waals surface area (Å²) in [6.45, 7) is 2.12. The minimum atomic E-state index is -4.66. The van der Waals surface area contributed by atoms with Crippen LogP contribution in [0.3, 0.4) is 0 Å². The van der Waals surface area contributed by atoms with E-state index in [2.05, 4.69) is 27.1 Å². The van der Waals surface area contributed by atoms with Crippen LogP contribution in [0.2, 0.25) is 0 Å². The molecule has 1 aliphatic heterocycles. The van der Waals surface area contributed by atoms with Gasteiger partial charge in [-0.3, -0.25) is 15.0 Å². The third-order valence-corrected chi connectivity index (χ3v) is 6.17. The molecule has 0 atom stereocenters. The third kappa shape index (κ3) is 6.49. The van der Waals surface area contributed by atoms with Gasteiger partial charge in [0.2, 0.25) is 5.91 Å². The van der Waals surface area contributed by atoms with E-state index in [0.717, 1.165) is 29.5 Å². The predicted molar refractivity (Wildman–Crippen MR) is 138 cm³/mol. The average Bonchev–Trinajstić information content (AvgIpc) is 3.29. The summed E-state index contributed by atoms with van der Waals surface area (Å²) in [5.74, 6) is 4.97. The molecule has 194 valence electrons. The molecule has 8 nitrogen and oxygen atoms in total. The van der Waals surface area contributed by atoms with Crippen molar-refractivity contribution in [3.8, 4) is 11.8 Å². The molecule has 3 aromatic rings. The van der Waals surface area contributed by atoms with Gasteiger partial charge in [-0.05, 0) is 61.0 Å².